The van der Waals surface area contributed by atoms with Gasteiger partial charge in [-0.2, -0.15) is 4.58 Å². The number of pyridine rings is 1. The fraction of sp³-hybridized carbons (Fsp3) is 0.0189. The number of fused-ring (bicyclic) bond motifs is 13. The van der Waals surface area contributed by atoms with Gasteiger partial charge in [-0.1, -0.05) is 133 Å². The van der Waals surface area contributed by atoms with Gasteiger partial charge in [0.25, 0.3) is 0 Å². The van der Waals surface area contributed by atoms with E-state index in [0.717, 1.165) is 50.8 Å². The van der Waals surface area contributed by atoms with Crippen molar-refractivity contribution in [3.8, 4) is 50.3 Å². The summed E-state index contributed by atoms with van der Waals surface area (Å²) in [5, 5.41) is 2.49. The minimum absolute atomic E-state index is 0.0187. The average molecular weight is 728 g/mol. The van der Waals surface area contributed by atoms with Crippen molar-refractivity contribution in [3.63, 3.8) is 0 Å². The van der Waals surface area contributed by atoms with Crippen molar-refractivity contribution >= 4 is 50.3 Å². The maximum absolute atomic E-state index is 5.23. The van der Waals surface area contributed by atoms with Crippen molar-refractivity contribution in [1.29, 1.82) is 0 Å². The first-order chi connectivity index (χ1) is 28.3. The number of aromatic nitrogens is 2. The summed E-state index contributed by atoms with van der Waals surface area (Å²) in [6.45, 7) is 0. The SMILES string of the molecule is C1=CC2=[N+](c3ccccc3)c3cc4c(cc3N(c3ccccc3)C2C=C1)-c1ncccc1-c1ccccc1-c1c-4cccc1-n1c2ccccc2c2ccccc21. The molecule has 4 heteroatoms. The number of para-hydroxylation sites is 4. The van der Waals surface area contributed by atoms with Crippen LogP contribution in [0.4, 0.5) is 22.7 Å². The summed E-state index contributed by atoms with van der Waals surface area (Å²) in [5.41, 5.74) is 18.3. The first kappa shape index (κ1) is 31.8. The Morgan fingerprint density at radius 2 is 1.16 bits per heavy atom. The molecule has 7 aromatic carbocycles. The minimum Gasteiger partial charge on any atom is -0.319 e. The average Bonchev–Trinajstić information content (AvgIpc) is 3.62. The van der Waals surface area contributed by atoms with Crippen LogP contribution in [0.3, 0.4) is 0 Å². The first-order valence-electron chi connectivity index (χ1n) is 19.6. The van der Waals surface area contributed by atoms with Crippen LogP contribution >= 0.6 is 0 Å². The van der Waals surface area contributed by atoms with Gasteiger partial charge in [-0.3, -0.25) is 4.98 Å². The zero-order chi connectivity index (χ0) is 37.5. The van der Waals surface area contributed by atoms with Crippen LogP contribution in [0.25, 0.3) is 72.1 Å². The molecule has 0 saturated heterocycles. The van der Waals surface area contributed by atoms with Crippen LogP contribution in [0, 0.1) is 0 Å². The molecule has 3 heterocycles. The maximum atomic E-state index is 5.23. The topological polar surface area (TPSA) is 24.1 Å². The van der Waals surface area contributed by atoms with Crippen LogP contribution in [0.1, 0.15) is 0 Å². The monoisotopic (exact) mass is 727 g/mol. The third-order valence-corrected chi connectivity index (χ3v) is 11.9. The lowest BCUT2D eigenvalue weighted by molar-refractivity contribution is 0.897. The molecule has 9 aromatic rings. The summed E-state index contributed by atoms with van der Waals surface area (Å²) in [6.07, 6.45) is 10.9. The van der Waals surface area contributed by atoms with E-state index in [0.29, 0.717) is 0 Å². The predicted molar refractivity (Wildman–Crippen MR) is 237 cm³/mol. The van der Waals surface area contributed by atoms with Crippen LogP contribution in [0.2, 0.25) is 0 Å². The molecule has 0 saturated carbocycles. The van der Waals surface area contributed by atoms with Crippen LogP contribution in [-0.2, 0) is 0 Å². The van der Waals surface area contributed by atoms with E-state index in [1.807, 2.05) is 6.20 Å². The Morgan fingerprint density at radius 1 is 0.491 bits per heavy atom. The highest BCUT2D eigenvalue weighted by Gasteiger charge is 2.41. The molecule has 4 nitrogen and oxygen atoms in total. The molecule has 57 heavy (non-hydrogen) atoms. The highest BCUT2D eigenvalue weighted by atomic mass is 15.2. The Kier molecular flexibility index (Phi) is 6.96. The summed E-state index contributed by atoms with van der Waals surface area (Å²) in [5.74, 6) is 0. The molecule has 0 spiro atoms. The van der Waals surface area contributed by atoms with E-state index in [4.69, 9.17) is 4.98 Å². The van der Waals surface area contributed by atoms with Gasteiger partial charge < -0.3 is 9.47 Å². The number of rotatable bonds is 3. The number of hydrogen-bond donors (Lipinski definition) is 0. The Labute approximate surface area is 330 Å². The Bertz CT molecular complexity index is 3130. The van der Waals surface area contributed by atoms with Crippen molar-refractivity contribution in [2.75, 3.05) is 4.90 Å². The first-order valence-corrected chi connectivity index (χ1v) is 19.6. The van der Waals surface area contributed by atoms with Crippen molar-refractivity contribution in [2.45, 2.75) is 6.04 Å². The van der Waals surface area contributed by atoms with Crippen molar-refractivity contribution in [3.05, 3.63) is 206 Å². The number of anilines is 2. The van der Waals surface area contributed by atoms with Crippen molar-refractivity contribution in [2.24, 2.45) is 0 Å². The standard InChI is InChI=1S/C53H35N4/c1-3-17-35(18-4-1)55-47-29-13-14-30-48(47)56(36-19-5-2-6-20-36)51-34-44-43(33-50(51)55)41-25-15-31-49(57-45-27-11-9-22-38(45)39-23-10-12-28-46(39)57)52(41)40-24-8-7-21-37(40)42-26-16-32-54-53(42)44/h1-34,48H/q+1. The van der Waals surface area contributed by atoms with E-state index in [1.165, 1.54) is 49.8 Å². The summed E-state index contributed by atoms with van der Waals surface area (Å²) >= 11 is 0. The number of benzene rings is 7. The quantitative estimate of drug-likeness (QED) is 0.169. The van der Waals surface area contributed by atoms with Crippen LogP contribution in [-0.4, -0.2) is 21.3 Å². The Hall–Kier alpha value is -7.56. The zero-order valence-electron chi connectivity index (χ0n) is 31.0. The fourth-order valence-corrected chi connectivity index (χ4v) is 9.55. The largest absolute Gasteiger partial charge is 0.319 e. The second-order valence-electron chi connectivity index (χ2n) is 14.9. The van der Waals surface area contributed by atoms with Gasteiger partial charge in [0.05, 0.1) is 22.4 Å². The Balaban J connectivity index is 1.25. The molecule has 0 amide bonds. The molecule has 1 aliphatic heterocycles. The fourth-order valence-electron chi connectivity index (χ4n) is 9.55. The van der Waals surface area contributed by atoms with Crippen molar-refractivity contribution < 1.29 is 0 Å². The van der Waals surface area contributed by atoms with Gasteiger partial charge in [0.15, 0.2) is 0 Å². The molecule has 1 atom stereocenters. The zero-order valence-corrected chi connectivity index (χ0v) is 31.0. The summed E-state index contributed by atoms with van der Waals surface area (Å²) < 4.78 is 4.93. The second-order valence-corrected chi connectivity index (χ2v) is 14.9. The van der Waals surface area contributed by atoms with Gasteiger partial charge >= 0.3 is 0 Å². The molecule has 1 unspecified atom stereocenters. The molecular weight excluding hydrogens is 693 g/mol. The van der Waals surface area contributed by atoms with Crippen LogP contribution in [0.5, 0.6) is 0 Å². The van der Waals surface area contributed by atoms with E-state index in [9.17, 15) is 0 Å². The second kappa shape index (κ2) is 12.5. The molecule has 2 aliphatic carbocycles. The molecule has 0 radical (unpaired) electrons. The van der Waals surface area contributed by atoms with Gasteiger partial charge in [-0.15, -0.1) is 0 Å². The molecule has 266 valence electrons. The number of allylic oxidation sites excluding steroid dienone is 2. The van der Waals surface area contributed by atoms with Gasteiger partial charge in [0.1, 0.15) is 11.7 Å². The highest BCUT2D eigenvalue weighted by Crippen LogP contribution is 2.54. The van der Waals surface area contributed by atoms with E-state index in [2.05, 4.69) is 214 Å². The third-order valence-electron chi connectivity index (χ3n) is 11.9. The van der Waals surface area contributed by atoms with Crippen molar-refractivity contribution in [1.82, 2.24) is 14.1 Å². The lowest BCUT2D eigenvalue weighted by Gasteiger charge is -2.36. The lowest BCUT2D eigenvalue weighted by atomic mass is 9.81. The molecule has 0 N–H and O–H groups in total. The predicted octanol–water partition coefficient (Wildman–Crippen LogP) is 13.1. The summed E-state index contributed by atoms with van der Waals surface area (Å²) in [7, 11) is 0. The van der Waals surface area contributed by atoms with E-state index in [-0.39, 0.29) is 6.04 Å². The molecule has 2 aromatic heterocycles. The smallest absolute Gasteiger partial charge is 0.236 e. The van der Waals surface area contributed by atoms with E-state index < -0.39 is 0 Å². The van der Waals surface area contributed by atoms with Crippen LogP contribution in [0.15, 0.2) is 206 Å². The van der Waals surface area contributed by atoms with Crippen LogP contribution < -0.4 is 9.48 Å². The lowest BCUT2D eigenvalue weighted by Crippen LogP contribution is -2.44. The van der Waals surface area contributed by atoms with E-state index in [1.54, 1.807) is 0 Å². The number of nitrogens with zero attached hydrogens (tertiary/aromatic N) is 4. The summed E-state index contributed by atoms with van der Waals surface area (Å²) in [4.78, 5) is 7.72. The van der Waals surface area contributed by atoms with Gasteiger partial charge in [-0.05, 0) is 64.7 Å². The number of hydrogen-bond acceptors (Lipinski definition) is 2. The summed E-state index contributed by atoms with van der Waals surface area (Å²) in [6, 6.07) is 64.0. The molecular formula is C53H35N4+. The van der Waals surface area contributed by atoms with Gasteiger partial charge in [0.2, 0.25) is 17.1 Å². The maximum Gasteiger partial charge on any atom is 0.236 e. The minimum atomic E-state index is -0.0187. The molecule has 0 bridgehead atoms. The molecule has 12 rings (SSSR count). The van der Waals surface area contributed by atoms with Gasteiger partial charge in [0, 0.05) is 63.6 Å². The Morgan fingerprint density at radius 3 is 1.95 bits per heavy atom. The third kappa shape index (κ3) is 4.68. The highest BCUT2D eigenvalue weighted by molar-refractivity contribution is 6.15. The molecule has 0 fully saturated rings. The normalized spacial score (nSPS) is 14.9. The van der Waals surface area contributed by atoms with E-state index >= 15 is 0 Å². The molecule has 3 aliphatic rings. The van der Waals surface area contributed by atoms with Gasteiger partial charge in [-0.25, -0.2) is 0 Å².